The van der Waals surface area contributed by atoms with Crippen molar-refractivity contribution in [1.82, 2.24) is 0 Å². The third-order valence-electron chi connectivity index (χ3n) is 4.96. The minimum Gasteiger partial charge on any atom is -0.238 e. The highest BCUT2D eigenvalue weighted by Gasteiger charge is 2.35. The molecule has 0 amide bonds. The molecule has 180 valence electrons. The van der Waals surface area contributed by atoms with Gasteiger partial charge in [-0.3, -0.25) is 0 Å². The van der Waals surface area contributed by atoms with Gasteiger partial charge in [-0.25, -0.2) is 34.2 Å². The SMILES string of the molecule is O=S(=O)(CS(=O)(=O)N(c1ccccc1)c1ccc(F)cc1)N(c1ccccc1)c1ccc(F)cc1. The van der Waals surface area contributed by atoms with Gasteiger partial charge in [-0.2, -0.15) is 0 Å². The number of hydrogen-bond acceptors (Lipinski definition) is 4. The third kappa shape index (κ3) is 5.50. The van der Waals surface area contributed by atoms with Crippen molar-refractivity contribution in [3.8, 4) is 0 Å². The molecular weight excluding hydrogens is 494 g/mol. The van der Waals surface area contributed by atoms with Crippen LogP contribution in [0.5, 0.6) is 0 Å². The summed E-state index contributed by atoms with van der Waals surface area (Å²) < 4.78 is 83.3. The van der Waals surface area contributed by atoms with Gasteiger partial charge in [0.05, 0.1) is 22.7 Å². The molecule has 0 fully saturated rings. The first kappa shape index (κ1) is 24.4. The molecule has 0 unspecified atom stereocenters. The molecule has 10 heteroatoms. The average molecular weight is 515 g/mol. The standard InChI is InChI=1S/C25H20F2N2O4S2/c26-20-11-15-24(16-12-20)28(22-7-3-1-4-8-22)34(30,31)19-35(32,33)29(23-9-5-2-6-10-23)25-17-13-21(27)14-18-25/h1-18H,19H2. The van der Waals surface area contributed by atoms with Gasteiger partial charge in [-0.05, 0) is 72.8 Å². The number of para-hydroxylation sites is 2. The molecule has 0 saturated heterocycles. The lowest BCUT2D eigenvalue weighted by molar-refractivity contribution is 0.588. The van der Waals surface area contributed by atoms with Crippen LogP contribution < -0.4 is 8.61 Å². The fourth-order valence-corrected chi connectivity index (χ4v) is 7.63. The molecule has 0 saturated carbocycles. The zero-order chi connectivity index (χ0) is 25.1. The fourth-order valence-electron chi connectivity index (χ4n) is 3.51. The molecule has 0 atom stereocenters. The maximum Gasteiger partial charge on any atom is 0.255 e. The molecule has 0 spiro atoms. The number of benzene rings is 4. The van der Waals surface area contributed by atoms with Crippen molar-refractivity contribution in [2.24, 2.45) is 0 Å². The van der Waals surface area contributed by atoms with E-state index < -0.39 is 36.8 Å². The van der Waals surface area contributed by atoms with E-state index in [1.807, 2.05) is 0 Å². The van der Waals surface area contributed by atoms with Crippen molar-refractivity contribution in [1.29, 1.82) is 0 Å². The van der Waals surface area contributed by atoms with E-state index in [0.29, 0.717) is 0 Å². The van der Waals surface area contributed by atoms with Crippen molar-refractivity contribution in [2.45, 2.75) is 0 Å². The molecule has 4 aromatic rings. The first-order valence-corrected chi connectivity index (χ1v) is 13.6. The predicted molar refractivity (Wildman–Crippen MR) is 133 cm³/mol. The fraction of sp³-hybridized carbons (Fsp3) is 0.0400. The van der Waals surface area contributed by atoms with E-state index in [-0.39, 0.29) is 22.7 Å². The quantitative estimate of drug-likeness (QED) is 0.309. The van der Waals surface area contributed by atoms with Crippen LogP contribution in [-0.4, -0.2) is 21.9 Å². The molecule has 0 aliphatic rings. The molecule has 0 aliphatic heterocycles. The molecule has 4 rings (SSSR count). The summed E-state index contributed by atoms with van der Waals surface area (Å²) in [4.78, 5) is 0. The third-order valence-corrected chi connectivity index (χ3v) is 9.30. The van der Waals surface area contributed by atoms with Crippen molar-refractivity contribution in [3.05, 3.63) is 121 Å². The first-order valence-electron chi connectivity index (χ1n) is 10.3. The summed E-state index contributed by atoms with van der Waals surface area (Å²) in [6, 6.07) is 25.1. The summed E-state index contributed by atoms with van der Waals surface area (Å²) in [6.45, 7) is 0. The van der Waals surface area contributed by atoms with Crippen LogP contribution in [0, 0.1) is 11.6 Å². The van der Waals surface area contributed by atoms with E-state index in [9.17, 15) is 25.6 Å². The van der Waals surface area contributed by atoms with Gasteiger partial charge in [0.25, 0.3) is 20.0 Å². The van der Waals surface area contributed by atoms with Crippen LogP contribution in [0.1, 0.15) is 0 Å². The Morgan fingerprint density at radius 1 is 0.457 bits per heavy atom. The van der Waals surface area contributed by atoms with Gasteiger partial charge in [0.1, 0.15) is 11.6 Å². The molecule has 0 aliphatic carbocycles. The monoisotopic (exact) mass is 514 g/mol. The van der Waals surface area contributed by atoms with Crippen LogP contribution >= 0.6 is 0 Å². The summed E-state index contributed by atoms with van der Waals surface area (Å²) in [5, 5.41) is -1.31. The minimum absolute atomic E-state index is 0.0702. The van der Waals surface area contributed by atoms with Crippen LogP contribution in [0.2, 0.25) is 0 Å². The molecule has 0 aromatic heterocycles. The minimum atomic E-state index is -4.56. The Morgan fingerprint density at radius 2 is 0.743 bits per heavy atom. The Hall–Kier alpha value is -3.76. The molecule has 6 nitrogen and oxygen atoms in total. The highest BCUT2D eigenvalue weighted by atomic mass is 32.3. The highest BCUT2D eigenvalue weighted by molar-refractivity contribution is 8.09. The summed E-state index contributed by atoms with van der Waals surface area (Å²) in [6.07, 6.45) is 0. The van der Waals surface area contributed by atoms with Gasteiger partial charge in [0, 0.05) is 0 Å². The Morgan fingerprint density at radius 3 is 1.06 bits per heavy atom. The molecule has 0 heterocycles. The molecule has 4 aromatic carbocycles. The van der Waals surface area contributed by atoms with E-state index in [1.54, 1.807) is 36.4 Å². The highest BCUT2D eigenvalue weighted by Crippen LogP contribution is 2.33. The maximum atomic E-state index is 13.6. The lowest BCUT2D eigenvalue weighted by atomic mass is 10.2. The van der Waals surface area contributed by atoms with Crippen molar-refractivity contribution in [2.75, 3.05) is 13.7 Å². The number of anilines is 4. The van der Waals surface area contributed by atoms with Crippen LogP contribution in [0.25, 0.3) is 0 Å². The molecule has 0 bridgehead atoms. The van der Waals surface area contributed by atoms with Crippen LogP contribution in [0.15, 0.2) is 109 Å². The Kier molecular flexibility index (Phi) is 6.86. The lowest BCUT2D eigenvalue weighted by Crippen LogP contribution is -2.38. The predicted octanol–water partition coefficient (Wildman–Crippen LogP) is 5.56. The van der Waals surface area contributed by atoms with Gasteiger partial charge in [-0.1, -0.05) is 36.4 Å². The summed E-state index contributed by atoms with van der Waals surface area (Å²) in [7, 11) is -9.12. The molecule has 0 radical (unpaired) electrons. The number of nitrogens with zero attached hydrogens (tertiary/aromatic N) is 2. The second-order valence-corrected chi connectivity index (χ2v) is 11.5. The normalized spacial score (nSPS) is 11.7. The van der Waals surface area contributed by atoms with Crippen molar-refractivity contribution >= 4 is 42.8 Å². The van der Waals surface area contributed by atoms with E-state index in [1.165, 1.54) is 48.5 Å². The number of sulfonamides is 2. The number of hydrogen-bond donors (Lipinski definition) is 0. The van der Waals surface area contributed by atoms with E-state index in [0.717, 1.165) is 32.9 Å². The molecule has 35 heavy (non-hydrogen) atoms. The average Bonchev–Trinajstić information content (AvgIpc) is 2.82. The summed E-state index contributed by atoms with van der Waals surface area (Å²) >= 11 is 0. The summed E-state index contributed by atoms with van der Waals surface area (Å²) in [5.41, 5.74) is 0.506. The van der Waals surface area contributed by atoms with Gasteiger partial charge in [0.2, 0.25) is 0 Å². The van der Waals surface area contributed by atoms with Crippen LogP contribution in [-0.2, 0) is 20.0 Å². The van der Waals surface area contributed by atoms with E-state index >= 15 is 0 Å². The lowest BCUT2D eigenvalue weighted by Gasteiger charge is -2.28. The van der Waals surface area contributed by atoms with Crippen molar-refractivity contribution < 1.29 is 25.6 Å². The van der Waals surface area contributed by atoms with Crippen LogP contribution in [0.4, 0.5) is 31.5 Å². The Bertz CT molecular complexity index is 1380. The maximum absolute atomic E-state index is 13.6. The second-order valence-electron chi connectivity index (χ2n) is 7.49. The van der Waals surface area contributed by atoms with E-state index in [4.69, 9.17) is 0 Å². The zero-order valence-corrected chi connectivity index (χ0v) is 19.8. The topological polar surface area (TPSA) is 74.8 Å². The van der Waals surface area contributed by atoms with Crippen LogP contribution in [0.3, 0.4) is 0 Å². The molecule has 0 N–H and O–H groups in total. The Labute approximate surface area is 202 Å². The van der Waals surface area contributed by atoms with Gasteiger partial charge in [-0.15, -0.1) is 0 Å². The van der Waals surface area contributed by atoms with Gasteiger partial charge in [0.15, 0.2) is 5.08 Å². The zero-order valence-electron chi connectivity index (χ0n) is 18.2. The smallest absolute Gasteiger partial charge is 0.238 e. The number of halogens is 2. The van der Waals surface area contributed by atoms with Gasteiger partial charge < -0.3 is 0 Å². The Balaban J connectivity index is 1.81. The molecular formula is C25H20F2N2O4S2. The van der Waals surface area contributed by atoms with Crippen molar-refractivity contribution in [3.63, 3.8) is 0 Å². The largest absolute Gasteiger partial charge is 0.255 e. The number of rotatable bonds is 8. The summed E-state index contributed by atoms with van der Waals surface area (Å²) in [5.74, 6) is -1.14. The first-order chi connectivity index (χ1) is 16.7. The van der Waals surface area contributed by atoms with E-state index in [2.05, 4.69) is 0 Å². The second kappa shape index (κ2) is 9.85. The van der Waals surface area contributed by atoms with Gasteiger partial charge >= 0.3 is 0 Å².